The van der Waals surface area contributed by atoms with Crippen LogP contribution < -0.4 is 0 Å². The molecule has 0 amide bonds. The Morgan fingerprint density at radius 3 is 2.75 bits per heavy atom. The number of rotatable bonds is 5. The van der Waals surface area contributed by atoms with Gasteiger partial charge in [0.1, 0.15) is 6.04 Å². The van der Waals surface area contributed by atoms with E-state index in [9.17, 15) is 9.59 Å². The Hall–Kier alpha value is -1.58. The number of aldehydes is 1. The zero-order valence-electron chi connectivity index (χ0n) is 9.84. The average Bonchev–Trinajstić information content (AvgIpc) is 2.72. The van der Waals surface area contributed by atoms with Crippen LogP contribution in [0.25, 0.3) is 0 Å². The van der Waals surface area contributed by atoms with Crippen molar-refractivity contribution >= 4 is 12.3 Å². The van der Waals surface area contributed by atoms with Gasteiger partial charge >= 0.3 is 5.97 Å². The summed E-state index contributed by atoms with van der Waals surface area (Å²) in [7, 11) is 0. The van der Waals surface area contributed by atoms with Crippen LogP contribution in [0.2, 0.25) is 0 Å². The third kappa shape index (κ3) is 2.95. The Labute approximate surface area is 95.2 Å². The second-order valence-corrected chi connectivity index (χ2v) is 4.16. The predicted octanol–water partition coefficient (Wildman–Crippen LogP) is 2.06. The highest BCUT2D eigenvalue weighted by atomic mass is 16.5. The number of carbonyl (C=O) groups excluding carboxylic acids is 2. The van der Waals surface area contributed by atoms with Gasteiger partial charge in [-0.15, -0.1) is 0 Å². The van der Waals surface area contributed by atoms with Crippen molar-refractivity contribution in [1.29, 1.82) is 0 Å². The van der Waals surface area contributed by atoms with Crippen LogP contribution in [0.3, 0.4) is 0 Å². The number of hydrogen-bond acceptors (Lipinski definition) is 3. The van der Waals surface area contributed by atoms with Crippen molar-refractivity contribution in [3.05, 3.63) is 24.0 Å². The van der Waals surface area contributed by atoms with Crippen LogP contribution in [0, 0.1) is 5.92 Å². The Balaban J connectivity index is 2.66. The van der Waals surface area contributed by atoms with Gasteiger partial charge in [-0.3, -0.25) is 4.79 Å². The molecule has 0 aliphatic rings. The quantitative estimate of drug-likeness (QED) is 0.567. The van der Waals surface area contributed by atoms with E-state index in [0.717, 1.165) is 6.29 Å². The Bertz CT molecular complexity index is 368. The van der Waals surface area contributed by atoms with Crippen LogP contribution in [-0.4, -0.2) is 23.4 Å². The van der Waals surface area contributed by atoms with Gasteiger partial charge in [-0.1, -0.05) is 13.8 Å². The summed E-state index contributed by atoms with van der Waals surface area (Å²) >= 11 is 0. The lowest BCUT2D eigenvalue weighted by atomic mass is 10.2. The molecule has 0 spiro atoms. The standard InChI is InChI=1S/C12H17NO3/c1-9(2)8-16-12(15)10(3)13-6-4-5-11(13)7-14/h4-7,9-10H,8H2,1-3H3. The Kier molecular flexibility index (Phi) is 4.28. The largest absolute Gasteiger partial charge is 0.464 e. The van der Waals surface area contributed by atoms with Crippen LogP contribution in [0.15, 0.2) is 18.3 Å². The first-order valence-electron chi connectivity index (χ1n) is 5.35. The number of aromatic nitrogens is 1. The van der Waals surface area contributed by atoms with E-state index < -0.39 is 6.04 Å². The summed E-state index contributed by atoms with van der Waals surface area (Å²) in [5.41, 5.74) is 0.481. The first-order chi connectivity index (χ1) is 7.56. The van der Waals surface area contributed by atoms with Gasteiger partial charge in [-0.2, -0.15) is 0 Å². The van der Waals surface area contributed by atoms with Crippen molar-refractivity contribution in [2.75, 3.05) is 6.61 Å². The van der Waals surface area contributed by atoms with Crippen molar-refractivity contribution in [2.24, 2.45) is 5.92 Å². The molecular weight excluding hydrogens is 206 g/mol. The maximum Gasteiger partial charge on any atom is 0.328 e. The molecule has 0 saturated heterocycles. The zero-order valence-corrected chi connectivity index (χ0v) is 9.84. The molecule has 1 unspecified atom stereocenters. The average molecular weight is 223 g/mol. The van der Waals surface area contributed by atoms with E-state index in [-0.39, 0.29) is 5.97 Å². The van der Waals surface area contributed by atoms with Gasteiger partial charge < -0.3 is 9.30 Å². The lowest BCUT2D eigenvalue weighted by Gasteiger charge is -2.15. The van der Waals surface area contributed by atoms with Crippen LogP contribution in [0.1, 0.15) is 37.3 Å². The molecule has 4 heteroatoms. The van der Waals surface area contributed by atoms with Gasteiger partial charge in [0.25, 0.3) is 0 Å². The molecular formula is C12H17NO3. The number of nitrogens with zero attached hydrogens (tertiary/aromatic N) is 1. The van der Waals surface area contributed by atoms with Crippen LogP contribution in [0.4, 0.5) is 0 Å². The molecule has 16 heavy (non-hydrogen) atoms. The molecule has 0 N–H and O–H groups in total. The molecule has 1 atom stereocenters. The summed E-state index contributed by atoms with van der Waals surface area (Å²) in [6, 6.07) is 2.93. The van der Waals surface area contributed by atoms with Crippen molar-refractivity contribution in [2.45, 2.75) is 26.8 Å². The maximum absolute atomic E-state index is 11.7. The molecule has 0 fully saturated rings. The lowest BCUT2D eigenvalue weighted by Crippen LogP contribution is -2.21. The highest BCUT2D eigenvalue weighted by Gasteiger charge is 2.18. The van der Waals surface area contributed by atoms with E-state index in [4.69, 9.17) is 4.74 Å². The van der Waals surface area contributed by atoms with E-state index in [2.05, 4.69) is 0 Å². The molecule has 1 aromatic rings. The fourth-order valence-electron chi connectivity index (χ4n) is 1.34. The summed E-state index contributed by atoms with van der Waals surface area (Å²) in [6.45, 7) is 6.07. The molecule has 1 heterocycles. The Morgan fingerprint density at radius 1 is 1.50 bits per heavy atom. The van der Waals surface area contributed by atoms with Gasteiger partial charge in [-0.05, 0) is 25.0 Å². The van der Waals surface area contributed by atoms with Crippen molar-refractivity contribution in [1.82, 2.24) is 4.57 Å². The van der Waals surface area contributed by atoms with Gasteiger partial charge in [0.05, 0.1) is 12.3 Å². The van der Waals surface area contributed by atoms with E-state index >= 15 is 0 Å². The van der Waals surface area contributed by atoms with Crippen molar-refractivity contribution in [3.8, 4) is 0 Å². The highest BCUT2D eigenvalue weighted by molar-refractivity contribution is 5.77. The van der Waals surface area contributed by atoms with E-state index in [1.54, 1.807) is 29.8 Å². The molecule has 1 aromatic heterocycles. The minimum Gasteiger partial charge on any atom is -0.464 e. The topological polar surface area (TPSA) is 48.3 Å². The third-order valence-corrected chi connectivity index (χ3v) is 2.25. The molecule has 0 aliphatic heterocycles. The minimum atomic E-state index is -0.464. The minimum absolute atomic E-state index is 0.311. The van der Waals surface area contributed by atoms with E-state index in [0.29, 0.717) is 18.2 Å². The second kappa shape index (κ2) is 5.49. The van der Waals surface area contributed by atoms with E-state index in [1.165, 1.54) is 0 Å². The molecule has 0 bridgehead atoms. The normalized spacial score (nSPS) is 12.5. The summed E-state index contributed by atoms with van der Waals surface area (Å²) in [5.74, 6) is -0.000598. The summed E-state index contributed by atoms with van der Waals surface area (Å²) in [6.07, 6.45) is 2.43. The molecule has 0 aromatic carbocycles. The molecule has 0 saturated carbocycles. The smallest absolute Gasteiger partial charge is 0.328 e. The highest BCUT2D eigenvalue weighted by Crippen LogP contribution is 2.12. The molecule has 1 rings (SSSR count). The summed E-state index contributed by atoms with van der Waals surface area (Å²) < 4.78 is 6.72. The van der Waals surface area contributed by atoms with Crippen LogP contribution in [-0.2, 0) is 9.53 Å². The van der Waals surface area contributed by atoms with Gasteiger partial charge in [0.2, 0.25) is 0 Å². The Morgan fingerprint density at radius 2 is 2.19 bits per heavy atom. The number of ether oxygens (including phenoxy) is 1. The van der Waals surface area contributed by atoms with Gasteiger partial charge in [-0.25, -0.2) is 4.79 Å². The monoisotopic (exact) mass is 223 g/mol. The maximum atomic E-state index is 11.7. The van der Waals surface area contributed by atoms with Crippen molar-refractivity contribution < 1.29 is 14.3 Å². The van der Waals surface area contributed by atoms with Crippen LogP contribution in [0.5, 0.6) is 0 Å². The van der Waals surface area contributed by atoms with Gasteiger partial charge in [0.15, 0.2) is 6.29 Å². The summed E-state index contributed by atoms with van der Waals surface area (Å²) in [5, 5.41) is 0. The fourth-order valence-corrected chi connectivity index (χ4v) is 1.34. The second-order valence-electron chi connectivity index (χ2n) is 4.16. The molecule has 88 valence electrons. The van der Waals surface area contributed by atoms with Gasteiger partial charge in [0, 0.05) is 6.20 Å². The first-order valence-corrected chi connectivity index (χ1v) is 5.35. The van der Waals surface area contributed by atoms with E-state index in [1.807, 2.05) is 13.8 Å². The predicted molar refractivity (Wildman–Crippen MR) is 60.3 cm³/mol. The number of esters is 1. The SMILES string of the molecule is CC(C)COC(=O)C(C)n1cccc1C=O. The fraction of sp³-hybridized carbons (Fsp3) is 0.500. The van der Waals surface area contributed by atoms with Crippen molar-refractivity contribution in [3.63, 3.8) is 0 Å². The first kappa shape index (κ1) is 12.5. The summed E-state index contributed by atoms with van der Waals surface area (Å²) in [4.78, 5) is 22.4. The number of hydrogen-bond donors (Lipinski definition) is 0. The number of carbonyl (C=O) groups is 2. The van der Waals surface area contributed by atoms with Crippen LogP contribution >= 0.6 is 0 Å². The molecule has 0 aliphatic carbocycles. The molecule has 4 nitrogen and oxygen atoms in total. The lowest BCUT2D eigenvalue weighted by molar-refractivity contribution is -0.148. The zero-order chi connectivity index (χ0) is 12.1. The third-order valence-electron chi connectivity index (χ3n) is 2.25. The molecule has 0 radical (unpaired) electrons.